The summed E-state index contributed by atoms with van der Waals surface area (Å²) in [6.07, 6.45) is 2.01. The van der Waals surface area contributed by atoms with Gasteiger partial charge in [0.05, 0.1) is 0 Å². The summed E-state index contributed by atoms with van der Waals surface area (Å²) in [6.45, 7) is 0. The molecule has 0 bridgehead atoms. The summed E-state index contributed by atoms with van der Waals surface area (Å²) >= 11 is 4.97. The molecule has 0 spiro atoms. The third-order valence-electron chi connectivity index (χ3n) is 2.61. The van der Waals surface area contributed by atoms with Crippen LogP contribution < -0.4 is 11.1 Å². The van der Waals surface area contributed by atoms with Gasteiger partial charge in [-0.05, 0) is 64.7 Å². The van der Waals surface area contributed by atoms with E-state index in [1.54, 1.807) is 30.0 Å². The molecule has 0 heterocycles. The van der Waals surface area contributed by atoms with Gasteiger partial charge in [-0.2, -0.15) is 0 Å². The maximum atomic E-state index is 12.1. The van der Waals surface area contributed by atoms with E-state index in [1.165, 1.54) is 0 Å². The Bertz CT molecular complexity index is 599. The topological polar surface area (TPSA) is 55.1 Å². The molecule has 0 atom stereocenters. The smallest absolute Gasteiger partial charge is 0.255 e. The van der Waals surface area contributed by atoms with Crippen molar-refractivity contribution < 1.29 is 4.79 Å². The van der Waals surface area contributed by atoms with Crippen molar-refractivity contribution in [1.82, 2.24) is 0 Å². The lowest BCUT2D eigenvalue weighted by atomic mass is 10.2. The monoisotopic (exact) mass is 336 g/mol. The Morgan fingerprint density at radius 3 is 2.47 bits per heavy atom. The number of nitrogens with two attached hydrogens (primary N) is 1. The zero-order chi connectivity index (χ0) is 13.8. The number of amides is 1. The van der Waals surface area contributed by atoms with Gasteiger partial charge in [0.15, 0.2) is 0 Å². The van der Waals surface area contributed by atoms with Gasteiger partial charge in [0.2, 0.25) is 0 Å². The van der Waals surface area contributed by atoms with E-state index >= 15 is 0 Å². The molecule has 0 saturated carbocycles. The fraction of sp³-hybridized carbons (Fsp3) is 0.0714. The van der Waals surface area contributed by atoms with Crippen LogP contribution in [0.3, 0.4) is 0 Å². The average molecular weight is 337 g/mol. The highest BCUT2D eigenvalue weighted by molar-refractivity contribution is 9.10. The first kappa shape index (κ1) is 14.0. The molecule has 0 aromatic heterocycles. The summed E-state index contributed by atoms with van der Waals surface area (Å²) in [5.74, 6) is -0.155. The summed E-state index contributed by atoms with van der Waals surface area (Å²) in [5.41, 5.74) is 7.64. The van der Waals surface area contributed by atoms with Crippen LogP contribution in [0, 0.1) is 0 Å². The van der Waals surface area contributed by atoms with E-state index in [2.05, 4.69) is 21.2 Å². The van der Waals surface area contributed by atoms with Gasteiger partial charge in [-0.25, -0.2) is 0 Å². The van der Waals surface area contributed by atoms with Gasteiger partial charge >= 0.3 is 0 Å². The van der Waals surface area contributed by atoms with Gasteiger partial charge < -0.3 is 11.1 Å². The van der Waals surface area contributed by atoms with Crippen LogP contribution in [0.25, 0.3) is 0 Å². The number of hydrogen-bond acceptors (Lipinski definition) is 3. The second-order valence-electron chi connectivity index (χ2n) is 3.92. The largest absolute Gasteiger partial charge is 0.398 e. The van der Waals surface area contributed by atoms with Crippen LogP contribution in [-0.4, -0.2) is 12.2 Å². The van der Waals surface area contributed by atoms with Gasteiger partial charge in [0.1, 0.15) is 0 Å². The van der Waals surface area contributed by atoms with E-state index in [-0.39, 0.29) is 5.91 Å². The molecular formula is C14H13BrN2OS. The van der Waals surface area contributed by atoms with Gasteiger partial charge in [-0.15, -0.1) is 11.8 Å². The van der Waals surface area contributed by atoms with Crippen LogP contribution >= 0.6 is 27.7 Å². The van der Waals surface area contributed by atoms with Crippen molar-refractivity contribution in [3.8, 4) is 0 Å². The molecule has 2 rings (SSSR count). The first-order valence-corrected chi connectivity index (χ1v) is 7.62. The van der Waals surface area contributed by atoms with Crippen LogP contribution in [0.5, 0.6) is 0 Å². The second kappa shape index (κ2) is 6.12. The summed E-state index contributed by atoms with van der Waals surface area (Å²) in [4.78, 5) is 13.2. The predicted molar refractivity (Wildman–Crippen MR) is 84.7 cm³/mol. The zero-order valence-electron chi connectivity index (χ0n) is 10.3. The summed E-state index contributed by atoms with van der Waals surface area (Å²) in [5, 5.41) is 2.85. The SMILES string of the molecule is CSc1ccc(NC(=O)c2ccc(N)c(Br)c2)cc1. The number of anilines is 2. The van der Waals surface area contributed by atoms with Crippen LogP contribution in [0.4, 0.5) is 11.4 Å². The average Bonchev–Trinajstić information content (AvgIpc) is 2.42. The molecule has 1 amide bonds. The normalized spacial score (nSPS) is 10.2. The van der Waals surface area contributed by atoms with E-state index in [9.17, 15) is 4.79 Å². The Morgan fingerprint density at radius 1 is 1.21 bits per heavy atom. The molecular weight excluding hydrogens is 324 g/mol. The van der Waals surface area contributed by atoms with Crippen molar-refractivity contribution in [2.45, 2.75) is 4.90 Å². The molecule has 0 saturated heterocycles. The highest BCUT2D eigenvalue weighted by atomic mass is 79.9. The van der Waals surface area contributed by atoms with E-state index in [0.29, 0.717) is 11.3 Å². The van der Waals surface area contributed by atoms with E-state index < -0.39 is 0 Å². The molecule has 0 aliphatic rings. The Labute approximate surface area is 124 Å². The number of hydrogen-bond donors (Lipinski definition) is 2. The number of nitrogens with one attached hydrogen (secondary N) is 1. The highest BCUT2D eigenvalue weighted by Crippen LogP contribution is 2.22. The number of carbonyl (C=O) groups excluding carboxylic acids is 1. The maximum Gasteiger partial charge on any atom is 0.255 e. The number of nitrogen functional groups attached to an aromatic ring is 1. The van der Waals surface area contributed by atoms with Gasteiger partial charge in [0, 0.05) is 26.3 Å². The zero-order valence-corrected chi connectivity index (χ0v) is 12.7. The van der Waals surface area contributed by atoms with Gasteiger partial charge in [-0.1, -0.05) is 0 Å². The van der Waals surface area contributed by atoms with Crippen molar-refractivity contribution >= 4 is 45.0 Å². The van der Waals surface area contributed by atoms with Gasteiger partial charge in [0.25, 0.3) is 5.91 Å². The Morgan fingerprint density at radius 2 is 1.89 bits per heavy atom. The Balaban J connectivity index is 2.13. The molecule has 3 nitrogen and oxygen atoms in total. The third-order valence-corrected chi connectivity index (χ3v) is 4.04. The number of carbonyl (C=O) groups is 1. The maximum absolute atomic E-state index is 12.1. The molecule has 0 fully saturated rings. The number of halogens is 1. The van der Waals surface area contributed by atoms with Crippen LogP contribution in [0.1, 0.15) is 10.4 Å². The standard InChI is InChI=1S/C14H13BrN2OS/c1-19-11-5-3-10(4-6-11)17-14(18)9-2-7-13(16)12(15)8-9/h2-8H,16H2,1H3,(H,17,18). The van der Waals surface area contributed by atoms with Gasteiger partial charge in [-0.3, -0.25) is 4.79 Å². The molecule has 98 valence electrons. The quantitative estimate of drug-likeness (QED) is 0.657. The second-order valence-corrected chi connectivity index (χ2v) is 5.65. The molecule has 5 heteroatoms. The van der Waals surface area contributed by atoms with Crippen molar-refractivity contribution in [3.63, 3.8) is 0 Å². The minimum absolute atomic E-state index is 0.155. The molecule has 0 unspecified atom stereocenters. The van der Waals surface area contributed by atoms with Crippen LogP contribution in [0.15, 0.2) is 51.8 Å². The number of benzene rings is 2. The molecule has 2 aromatic rings. The van der Waals surface area contributed by atoms with Crippen molar-refractivity contribution in [1.29, 1.82) is 0 Å². The van der Waals surface area contributed by atoms with E-state index in [4.69, 9.17) is 5.73 Å². The minimum Gasteiger partial charge on any atom is -0.398 e. The number of thioether (sulfide) groups is 1. The molecule has 0 aliphatic carbocycles. The summed E-state index contributed by atoms with van der Waals surface area (Å²) in [7, 11) is 0. The number of rotatable bonds is 3. The van der Waals surface area contributed by atoms with E-state index in [1.807, 2.05) is 30.5 Å². The fourth-order valence-corrected chi connectivity index (χ4v) is 2.33. The van der Waals surface area contributed by atoms with Crippen molar-refractivity contribution in [2.75, 3.05) is 17.3 Å². The molecule has 19 heavy (non-hydrogen) atoms. The van der Waals surface area contributed by atoms with Crippen molar-refractivity contribution in [3.05, 3.63) is 52.5 Å². The lowest BCUT2D eigenvalue weighted by Crippen LogP contribution is -2.11. The Kier molecular flexibility index (Phi) is 4.50. The molecule has 0 radical (unpaired) electrons. The third kappa shape index (κ3) is 3.52. The lowest BCUT2D eigenvalue weighted by molar-refractivity contribution is 0.102. The summed E-state index contributed by atoms with van der Waals surface area (Å²) < 4.78 is 0.720. The summed E-state index contributed by atoms with van der Waals surface area (Å²) in [6, 6.07) is 12.8. The lowest BCUT2D eigenvalue weighted by Gasteiger charge is -2.07. The van der Waals surface area contributed by atoms with Crippen LogP contribution in [0.2, 0.25) is 0 Å². The van der Waals surface area contributed by atoms with Crippen LogP contribution in [-0.2, 0) is 0 Å². The molecule has 2 aromatic carbocycles. The molecule has 3 N–H and O–H groups in total. The van der Waals surface area contributed by atoms with E-state index in [0.717, 1.165) is 15.1 Å². The predicted octanol–water partition coefficient (Wildman–Crippen LogP) is 4.01. The fourth-order valence-electron chi connectivity index (χ4n) is 1.55. The first-order chi connectivity index (χ1) is 9.10. The Hall–Kier alpha value is -1.46. The highest BCUT2D eigenvalue weighted by Gasteiger charge is 2.07. The molecule has 0 aliphatic heterocycles. The van der Waals surface area contributed by atoms with Crippen molar-refractivity contribution in [2.24, 2.45) is 0 Å². The first-order valence-electron chi connectivity index (χ1n) is 5.60. The minimum atomic E-state index is -0.155.